The fourth-order valence-electron chi connectivity index (χ4n) is 2.23. The van der Waals surface area contributed by atoms with Crippen molar-refractivity contribution in [1.82, 2.24) is 10.2 Å². The number of hydrogen-bond donors (Lipinski definition) is 1. The normalized spacial score (nSPS) is 24.5. The smallest absolute Gasteiger partial charge is 0.236 e. The highest BCUT2D eigenvalue weighted by molar-refractivity contribution is 5.79. The molecule has 0 atom stereocenters. The van der Waals surface area contributed by atoms with Gasteiger partial charge in [0.25, 0.3) is 0 Å². The van der Waals surface area contributed by atoms with Gasteiger partial charge in [-0.05, 0) is 56.9 Å². The van der Waals surface area contributed by atoms with E-state index in [1.54, 1.807) is 0 Å². The number of nitrogens with zero attached hydrogens (tertiary/aromatic N) is 1. The van der Waals surface area contributed by atoms with Crippen LogP contribution in [0.25, 0.3) is 0 Å². The van der Waals surface area contributed by atoms with Gasteiger partial charge in [-0.3, -0.25) is 4.79 Å². The van der Waals surface area contributed by atoms with Crippen molar-refractivity contribution in [3.05, 3.63) is 0 Å². The molecule has 0 unspecified atom stereocenters. The van der Waals surface area contributed by atoms with E-state index in [9.17, 15) is 4.79 Å². The maximum absolute atomic E-state index is 12.1. The second-order valence-electron chi connectivity index (χ2n) is 5.79. The second-order valence-corrected chi connectivity index (χ2v) is 5.79. The van der Waals surface area contributed by atoms with E-state index in [4.69, 9.17) is 0 Å². The number of rotatable bonds is 7. The molecule has 90 valence electrons. The van der Waals surface area contributed by atoms with Crippen LogP contribution in [0.3, 0.4) is 0 Å². The Hall–Kier alpha value is -0.570. The fraction of sp³-hybridized carbons (Fsp3) is 0.923. The Kier molecular flexibility index (Phi) is 2.88. The lowest BCUT2D eigenvalue weighted by molar-refractivity contribution is -0.131. The maximum atomic E-state index is 12.1. The van der Waals surface area contributed by atoms with Gasteiger partial charge < -0.3 is 10.2 Å². The van der Waals surface area contributed by atoms with Crippen molar-refractivity contribution in [2.75, 3.05) is 19.6 Å². The largest absolute Gasteiger partial charge is 0.338 e. The molecule has 0 heterocycles. The van der Waals surface area contributed by atoms with Crippen molar-refractivity contribution in [3.8, 4) is 0 Å². The molecule has 1 N–H and O–H groups in total. The number of carbonyl (C=O) groups is 1. The Labute approximate surface area is 97.6 Å². The standard InChI is InChI=1S/C13H22N2O/c16-13(8-14-7-10-1-2-10)15(12-5-6-12)9-11-3-4-11/h10-12,14H,1-9H2. The summed E-state index contributed by atoms with van der Waals surface area (Å²) in [5.74, 6) is 2.04. The average molecular weight is 222 g/mol. The minimum Gasteiger partial charge on any atom is -0.338 e. The molecule has 3 heteroatoms. The first-order valence-electron chi connectivity index (χ1n) is 6.83. The van der Waals surface area contributed by atoms with Crippen LogP contribution in [-0.2, 0) is 4.79 Å². The van der Waals surface area contributed by atoms with E-state index < -0.39 is 0 Å². The molecule has 1 amide bonds. The number of carbonyl (C=O) groups excluding carboxylic acids is 1. The van der Waals surface area contributed by atoms with Crippen molar-refractivity contribution in [2.45, 2.75) is 44.6 Å². The Morgan fingerprint density at radius 1 is 1.06 bits per heavy atom. The summed E-state index contributed by atoms with van der Waals surface area (Å²) in [5, 5.41) is 3.31. The van der Waals surface area contributed by atoms with Crippen LogP contribution in [0.4, 0.5) is 0 Å². The van der Waals surface area contributed by atoms with Crippen LogP contribution in [0.5, 0.6) is 0 Å². The minimum absolute atomic E-state index is 0.343. The summed E-state index contributed by atoms with van der Waals surface area (Å²) in [6, 6.07) is 0.593. The molecule has 3 saturated carbocycles. The van der Waals surface area contributed by atoms with Crippen LogP contribution >= 0.6 is 0 Å². The van der Waals surface area contributed by atoms with Gasteiger partial charge in [-0.2, -0.15) is 0 Å². The van der Waals surface area contributed by atoms with Crippen LogP contribution in [0, 0.1) is 11.8 Å². The zero-order chi connectivity index (χ0) is 11.0. The van der Waals surface area contributed by atoms with Gasteiger partial charge in [0.05, 0.1) is 6.54 Å². The molecule has 0 spiro atoms. The lowest BCUT2D eigenvalue weighted by Gasteiger charge is -2.22. The molecular weight excluding hydrogens is 200 g/mol. The van der Waals surface area contributed by atoms with E-state index in [0.717, 1.165) is 24.9 Å². The predicted molar refractivity (Wildman–Crippen MR) is 63.1 cm³/mol. The topological polar surface area (TPSA) is 32.3 Å². The molecule has 16 heavy (non-hydrogen) atoms. The third-order valence-electron chi connectivity index (χ3n) is 3.87. The van der Waals surface area contributed by atoms with Crippen molar-refractivity contribution >= 4 is 5.91 Å². The minimum atomic E-state index is 0.343. The summed E-state index contributed by atoms with van der Waals surface area (Å²) in [6.45, 7) is 2.65. The van der Waals surface area contributed by atoms with Gasteiger partial charge >= 0.3 is 0 Å². The van der Waals surface area contributed by atoms with E-state index in [0.29, 0.717) is 18.5 Å². The Morgan fingerprint density at radius 2 is 1.75 bits per heavy atom. The van der Waals surface area contributed by atoms with E-state index in [2.05, 4.69) is 10.2 Å². The summed E-state index contributed by atoms with van der Waals surface area (Å²) >= 11 is 0. The quantitative estimate of drug-likeness (QED) is 0.706. The average Bonchev–Trinajstić information content (AvgIpc) is 3.13. The first-order valence-corrected chi connectivity index (χ1v) is 6.83. The summed E-state index contributed by atoms with van der Waals surface area (Å²) in [7, 11) is 0. The van der Waals surface area contributed by atoms with Crippen molar-refractivity contribution in [1.29, 1.82) is 0 Å². The fourth-order valence-corrected chi connectivity index (χ4v) is 2.23. The lowest BCUT2D eigenvalue weighted by atomic mass is 10.3. The van der Waals surface area contributed by atoms with Crippen molar-refractivity contribution in [2.24, 2.45) is 11.8 Å². The van der Waals surface area contributed by atoms with Gasteiger partial charge in [0, 0.05) is 12.6 Å². The molecule has 0 radical (unpaired) electrons. The van der Waals surface area contributed by atoms with Crippen LogP contribution < -0.4 is 5.32 Å². The maximum Gasteiger partial charge on any atom is 0.236 e. The van der Waals surface area contributed by atoms with E-state index in [1.165, 1.54) is 38.5 Å². The number of hydrogen-bond acceptors (Lipinski definition) is 2. The van der Waals surface area contributed by atoms with E-state index in [-0.39, 0.29) is 0 Å². The highest BCUT2D eigenvalue weighted by Crippen LogP contribution is 2.34. The predicted octanol–water partition coefficient (Wildman–Crippen LogP) is 1.39. The summed E-state index contributed by atoms with van der Waals surface area (Å²) < 4.78 is 0. The molecule has 0 aromatic rings. The summed E-state index contributed by atoms with van der Waals surface area (Å²) in [6.07, 6.45) is 7.87. The van der Waals surface area contributed by atoms with Gasteiger partial charge in [0.15, 0.2) is 0 Å². The summed E-state index contributed by atoms with van der Waals surface area (Å²) in [5.41, 5.74) is 0. The number of nitrogens with one attached hydrogen (secondary N) is 1. The molecule has 0 saturated heterocycles. The zero-order valence-corrected chi connectivity index (χ0v) is 9.95. The van der Waals surface area contributed by atoms with Gasteiger partial charge in [0.1, 0.15) is 0 Å². The molecule has 3 aliphatic carbocycles. The van der Waals surface area contributed by atoms with Crippen LogP contribution in [-0.4, -0.2) is 36.5 Å². The lowest BCUT2D eigenvalue weighted by Crippen LogP contribution is -2.41. The van der Waals surface area contributed by atoms with Crippen molar-refractivity contribution < 1.29 is 4.79 Å². The first-order chi connectivity index (χ1) is 7.83. The van der Waals surface area contributed by atoms with Gasteiger partial charge in [-0.15, -0.1) is 0 Å². The van der Waals surface area contributed by atoms with Crippen LogP contribution in [0.15, 0.2) is 0 Å². The van der Waals surface area contributed by atoms with Gasteiger partial charge in [-0.25, -0.2) is 0 Å². The summed E-state index contributed by atoms with van der Waals surface area (Å²) in [4.78, 5) is 14.2. The Morgan fingerprint density at radius 3 is 2.31 bits per heavy atom. The second kappa shape index (κ2) is 4.36. The van der Waals surface area contributed by atoms with Gasteiger partial charge in [-0.1, -0.05) is 0 Å². The highest BCUT2D eigenvalue weighted by Gasteiger charge is 2.36. The molecule has 0 aromatic heterocycles. The Balaban J connectivity index is 1.41. The SMILES string of the molecule is O=C(CNCC1CC1)N(CC1CC1)C1CC1. The molecule has 3 rings (SSSR count). The van der Waals surface area contributed by atoms with E-state index >= 15 is 0 Å². The molecule has 0 aromatic carbocycles. The van der Waals surface area contributed by atoms with Crippen molar-refractivity contribution in [3.63, 3.8) is 0 Å². The molecule has 3 aliphatic rings. The third kappa shape index (κ3) is 2.97. The molecular formula is C13H22N2O. The molecule has 0 aliphatic heterocycles. The molecule has 3 fully saturated rings. The zero-order valence-electron chi connectivity index (χ0n) is 9.95. The molecule has 0 bridgehead atoms. The molecule has 3 nitrogen and oxygen atoms in total. The monoisotopic (exact) mass is 222 g/mol. The van der Waals surface area contributed by atoms with E-state index in [1.807, 2.05) is 0 Å². The van der Waals surface area contributed by atoms with Crippen LogP contribution in [0.1, 0.15) is 38.5 Å². The third-order valence-corrected chi connectivity index (χ3v) is 3.87. The van der Waals surface area contributed by atoms with Gasteiger partial charge in [0.2, 0.25) is 5.91 Å². The number of amides is 1. The first kappa shape index (κ1) is 10.6. The highest BCUT2D eigenvalue weighted by atomic mass is 16.2. The van der Waals surface area contributed by atoms with Crippen LogP contribution in [0.2, 0.25) is 0 Å². The Bertz CT molecular complexity index is 267.